The highest BCUT2D eigenvalue weighted by atomic mass is 32.2. The molecule has 1 atom stereocenters. The molecule has 1 unspecified atom stereocenters. The quantitative estimate of drug-likeness (QED) is 0.366. The Labute approximate surface area is 111 Å². The number of hydrogen-bond acceptors (Lipinski definition) is 2. The van der Waals surface area contributed by atoms with E-state index in [2.05, 4.69) is 4.79 Å². The second-order valence-corrected chi connectivity index (χ2v) is 5.93. The second kappa shape index (κ2) is 5.61. The molecule has 0 fully saturated rings. The number of rotatable bonds is 3. The summed E-state index contributed by atoms with van der Waals surface area (Å²) in [7, 11) is -3.65. The molecule has 5 heteroatoms. The van der Waals surface area contributed by atoms with Crippen molar-refractivity contribution in [1.82, 2.24) is 0 Å². The van der Waals surface area contributed by atoms with E-state index in [9.17, 15) is 8.42 Å². The average molecular weight is 272 g/mol. The Balaban J connectivity index is 2.44. The van der Waals surface area contributed by atoms with Gasteiger partial charge in [0.2, 0.25) is 0 Å². The molecular formula is C14H12N2O2S. The van der Waals surface area contributed by atoms with Crippen LogP contribution in [0.4, 0.5) is 0 Å². The molecule has 0 radical (unpaired) electrons. The smallest absolute Gasteiger partial charge is 0.361 e. The predicted octanol–water partition coefficient (Wildman–Crippen LogP) is 2.24. The van der Waals surface area contributed by atoms with E-state index >= 15 is 0 Å². The van der Waals surface area contributed by atoms with Gasteiger partial charge in [0.1, 0.15) is 5.25 Å². The summed E-state index contributed by atoms with van der Waals surface area (Å²) in [5.74, 6) is 0. The van der Waals surface area contributed by atoms with Crippen molar-refractivity contribution < 1.29 is 13.2 Å². The minimum Gasteiger partial charge on any atom is -0.361 e. The molecule has 2 rings (SSSR count). The maximum Gasteiger partial charge on any atom is 0.371 e. The molecule has 96 valence electrons. The molecule has 0 spiro atoms. The number of benzene rings is 1. The standard InChI is InChI=1S/C14H12N2O2S/c15-16-11-19(17,18)14-9-5-4-8-13(14)10-12-6-2-1-3-7-12/h1-11,14H. The lowest BCUT2D eigenvalue weighted by molar-refractivity contribution is 0.00752. The van der Waals surface area contributed by atoms with E-state index in [-0.39, 0.29) is 0 Å². The highest BCUT2D eigenvalue weighted by Gasteiger charge is 2.28. The minimum absolute atomic E-state index is 0.569. The lowest BCUT2D eigenvalue weighted by Crippen LogP contribution is -2.23. The van der Waals surface area contributed by atoms with Crippen LogP contribution in [-0.2, 0) is 9.84 Å². The third kappa shape index (κ3) is 3.16. The van der Waals surface area contributed by atoms with Crippen LogP contribution in [0.25, 0.3) is 11.6 Å². The fourth-order valence-electron chi connectivity index (χ4n) is 1.84. The van der Waals surface area contributed by atoms with Crippen LogP contribution in [0.5, 0.6) is 0 Å². The summed E-state index contributed by atoms with van der Waals surface area (Å²) >= 11 is 0. The van der Waals surface area contributed by atoms with Crippen molar-refractivity contribution in [3.05, 3.63) is 71.3 Å². The molecule has 0 heterocycles. The van der Waals surface area contributed by atoms with Crippen LogP contribution in [0.3, 0.4) is 0 Å². The van der Waals surface area contributed by atoms with Gasteiger partial charge >= 0.3 is 5.55 Å². The van der Waals surface area contributed by atoms with Gasteiger partial charge in [-0.25, -0.2) is 8.42 Å². The van der Waals surface area contributed by atoms with Gasteiger partial charge in [0.05, 0.1) is 0 Å². The molecule has 0 aromatic heterocycles. The van der Waals surface area contributed by atoms with Crippen molar-refractivity contribution in [2.45, 2.75) is 5.25 Å². The Bertz CT molecular complexity index is 694. The highest BCUT2D eigenvalue weighted by molar-refractivity contribution is 8.05. The first-order valence-corrected chi connectivity index (χ1v) is 7.27. The molecule has 1 aliphatic carbocycles. The fourth-order valence-corrected chi connectivity index (χ4v) is 2.94. The van der Waals surface area contributed by atoms with E-state index < -0.39 is 15.1 Å². The van der Waals surface area contributed by atoms with Crippen molar-refractivity contribution >= 4 is 21.5 Å². The summed E-state index contributed by atoms with van der Waals surface area (Å²) in [4.78, 5) is 2.63. The first-order valence-electron chi connectivity index (χ1n) is 5.66. The number of allylic oxidation sites excluding steroid dienone is 3. The van der Waals surface area contributed by atoms with Crippen molar-refractivity contribution in [3.8, 4) is 0 Å². The van der Waals surface area contributed by atoms with E-state index in [1.54, 1.807) is 30.4 Å². The normalized spacial score (nSPS) is 20.2. The van der Waals surface area contributed by atoms with Crippen molar-refractivity contribution in [3.63, 3.8) is 0 Å². The van der Waals surface area contributed by atoms with Gasteiger partial charge in [0, 0.05) is 0 Å². The van der Waals surface area contributed by atoms with Gasteiger partial charge in [-0.1, -0.05) is 60.7 Å². The van der Waals surface area contributed by atoms with Gasteiger partial charge < -0.3 is 5.53 Å². The summed E-state index contributed by atoms with van der Waals surface area (Å²) < 4.78 is 23.9. The molecule has 1 aromatic rings. The van der Waals surface area contributed by atoms with Gasteiger partial charge in [0.15, 0.2) is 0 Å². The number of nitrogens with zero attached hydrogens (tertiary/aromatic N) is 2. The molecule has 0 N–H and O–H groups in total. The lowest BCUT2D eigenvalue weighted by Gasteiger charge is -2.13. The zero-order valence-electron chi connectivity index (χ0n) is 10.0. The summed E-state index contributed by atoms with van der Waals surface area (Å²) in [6.45, 7) is 0. The summed E-state index contributed by atoms with van der Waals surface area (Å²) in [5, 5.41) is -0.825. The third-order valence-corrected chi connectivity index (χ3v) is 4.22. The van der Waals surface area contributed by atoms with E-state index in [1.807, 2.05) is 30.3 Å². The van der Waals surface area contributed by atoms with Gasteiger partial charge in [-0.15, -0.1) is 0 Å². The Kier molecular flexibility index (Phi) is 3.90. The SMILES string of the molecule is [N-]=[N+]=CS(=O)(=O)C1C=CC=CC1=Cc1ccccc1. The molecule has 0 saturated carbocycles. The van der Waals surface area contributed by atoms with Crippen molar-refractivity contribution in [2.24, 2.45) is 0 Å². The molecule has 1 aromatic carbocycles. The molecule has 4 nitrogen and oxygen atoms in total. The summed E-state index contributed by atoms with van der Waals surface area (Å²) in [5.41, 5.74) is 10.6. The fraction of sp³-hybridized carbons (Fsp3) is 0.0714. The Morgan fingerprint density at radius 2 is 1.89 bits per heavy atom. The Morgan fingerprint density at radius 1 is 1.16 bits per heavy atom. The number of sulfone groups is 1. The van der Waals surface area contributed by atoms with Crippen LogP contribution >= 0.6 is 0 Å². The molecule has 0 saturated heterocycles. The maximum atomic E-state index is 12.0. The third-order valence-electron chi connectivity index (χ3n) is 2.70. The monoisotopic (exact) mass is 272 g/mol. The molecule has 1 aliphatic rings. The molecular weight excluding hydrogens is 260 g/mol. The first-order chi connectivity index (χ1) is 9.13. The molecule has 0 bridgehead atoms. The Morgan fingerprint density at radius 3 is 2.58 bits per heavy atom. The molecule has 19 heavy (non-hydrogen) atoms. The largest absolute Gasteiger partial charge is 0.371 e. The first kappa shape index (κ1) is 13.2. The summed E-state index contributed by atoms with van der Waals surface area (Å²) in [6, 6.07) is 9.44. The van der Waals surface area contributed by atoms with Crippen molar-refractivity contribution in [1.29, 1.82) is 0 Å². The van der Waals surface area contributed by atoms with Crippen LogP contribution in [0, 0.1) is 0 Å². The van der Waals surface area contributed by atoms with Crippen LogP contribution < -0.4 is 0 Å². The average Bonchev–Trinajstić information content (AvgIpc) is 2.40. The zero-order valence-corrected chi connectivity index (χ0v) is 10.9. The molecule has 0 amide bonds. The lowest BCUT2D eigenvalue weighted by atomic mass is 10.0. The van der Waals surface area contributed by atoms with E-state index in [1.165, 1.54) is 0 Å². The number of hydrogen-bond donors (Lipinski definition) is 0. The van der Waals surface area contributed by atoms with Crippen LogP contribution in [0.15, 0.2) is 60.2 Å². The van der Waals surface area contributed by atoms with E-state index in [4.69, 9.17) is 5.53 Å². The zero-order chi connectivity index (χ0) is 13.7. The highest BCUT2D eigenvalue weighted by Crippen LogP contribution is 2.21. The van der Waals surface area contributed by atoms with Crippen LogP contribution in [0.2, 0.25) is 0 Å². The predicted molar refractivity (Wildman–Crippen MR) is 75.1 cm³/mol. The minimum atomic E-state index is -3.65. The van der Waals surface area contributed by atoms with Gasteiger partial charge in [-0.05, 0) is 11.1 Å². The van der Waals surface area contributed by atoms with Crippen LogP contribution in [-0.4, -0.2) is 24.0 Å². The second-order valence-electron chi connectivity index (χ2n) is 4.03. The van der Waals surface area contributed by atoms with Crippen molar-refractivity contribution in [2.75, 3.05) is 0 Å². The topological polar surface area (TPSA) is 70.5 Å². The summed E-state index contributed by atoms with van der Waals surface area (Å²) in [6.07, 6.45) is 8.53. The maximum absolute atomic E-state index is 12.0. The van der Waals surface area contributed by atoms with Gasteiger partial charge in [-0.3, -0.25) is 0 Å². The Hall–Kier alpha value is -2.23. The van der Waals surface area contributed by atoms with E-state index in [0.717, 1.165) is 5.56 Å². The van der Waals surface area contributed by atoms with Crippen LogP contribution in [0.1, 0.15) is 5.56 Å². The van der Waals surface area contributed by atoms with Gasteiger partial charge in [-0.2, -0.15) is 4.79 Å². The van der Waals surface area contributed by atoms with Gasteiger partial charge in [0.25, 0.3) is 9.84 Å². The van der Waals surface area contributed by atoms with E-state index in [0.29, 0.717) is 11.1 Å². The molecule has 0 aliphatic heterocycles.